The van der Waals surface area contributed by atoms with E-state index in [1.54, 1.807) is 11.1 Å². The minimum absolute atomic E-state index is 0.0815. The van der Waals surface area contributed by atoms with Gasteiger partial charge in [-0.1, -0.05) is 29.8 Å². The largest absolute Gasteiger partial charge is 0.368 e. The first-order valence-electron chi connectivity index (χ1n) is 10.2. The van der Waals surface area contributed by atoms with Crippen molar-refractivity contribution in [2.45, 2.75) is 18.9 Å². The van der Waals surface area contributed by atoms with E-state index in [4.69, 9.17) is 16.3 Å². The van der Waals surface area contributed by atoms with Crippen LogP contribution in [0.25, 0.3) is 11.1 Å². The summed E-state index contributed by atoms with van der Waals surface area (Å²) in [5.41, 5.74) is 2.66. The van der Waals surface area contributed by atoms with Crippen LogP contribution in [0.2, 0.25) is 5.02 Å². The van der Waals surface area contributed by atoms with E-state index in [0.29, 0.717) is 31.3 Å². The van der Waals surface area contributed by atoms with Crippen molar-refractivity contribution in [2.75, 3.05) is 32.8 Å². The molecule has 162 valence electrons. The Morgan fingerprint density at radius 1 is 1.23 bits per heavy atom. The quantitative estimate of drug-likeness (QED) is 0.768. The van der Waals surface area contributed by atoms with Gasteiger partial charge in [-0.25, -0.2) is 4.79 Å². The minimum Gasteiger partial charge on any atom is -0.368 e. The van der Waals surface area contributed by atoms with E-state index < -0.39 is 6.03 Å². The molecule has 2 aromatic rings. The second-order valence-corrected chi connectivity index (χ2v) is 7.90. The van der Waals surface area contributed by atoms with Gasteiger partial charge in [-0.05, 0) is 23.8 Å². The molecule has 31 heavy (non-hydrogen) atoms. The van der Waals surface area contributed by atoms with Gasteiger partial charge in [0.1, 0.15) is 6.10 Å². The van der Waals surface area contributed by atoms with Crippen molar-refractivity contribution in [3.8, 4) is 11.1 Å². The highest BCUT2D eigenvalue weighted by atomic mass is 35.5. The van der Waals surface area contributed by atoms with Gasteiger partial charge in [0.15, 0.2) is 0 Å². The van der Waals surface area contributed by atoms with Crippen molar-refractivity contribution in [2.24, 2.45) is 0 Å². The number of nitrogens with zero attached hydrogens (tertiary/aromatic N) is 3. The number of nitrogens with one attached hydrogen (secondary N) is 1. The van der Waals surface area contributed by atoms with Crippen molar-refractivity contribution in [1.82, 2.24) is 20.1 Å². The summed E-state index contributed by atoms with van der Waals surface area (Å²) in [7, 11) is 0. The van der Waals surface area contributed by atoms with E-state index >= 15 is 0 Å². The first-order chi connectivity index (χ1) is 15.0. The SMILES string of the molecule is O=C(CCN1C(=O)CCNC1=O)N1CCO[C@H](c2ccc(-c3cccc(Cl)c3)cn2)C1. The number of hydrogen-bond acceptors (Lipinski definition) is 5. The Morgan fingerprint density at radius 3 is 2.84 bits per heavy atom. The molecule has 2 aliphatic rings. The van der Waals surface area contributed by atoms with Gasteiger partial charge in [-0.15, -0.1) is 0 Å². The minimum atomic E-state index is -0.437. The van der Waals surface area contributed by atoms with E-state index in [-0.39, 0.29) is 37.3 Å². The number of benzene rings is 1. The molecule has 2 fully saturated rings. The third-order valence-electron chi connectivity index (χ3n) is 5.40. The Balaban J connectivity index is 1.36. The van der Waals surface area contributed by atoms with Crippen LogP contribution in [0.4, 0.5) is 4.79 Å². The molecule has 0 aliphatic carbocycles. The third-order valence-corrected chi connectivity index (χ3v) is 5.64. The summed E-state index contributed by atoms with van der Waals surface area (Å²) in [6.07, 6.45) is 1.79. The van der Waals surface area contributed by atoms with Gasteiger partial charge < -0.3 is 15.0 Å². The van der Waals surface area contributed by atoms with Crippen LogP contribution in [-0.2, 0) is 14.3 Å². The van der Waals surface area contributed by atoms with Crippen LogP contribution in [0.3, 0.4) is 0 Å². The van der Waals surface area contributed by atoms with Crippen LogP contribution in [0.1, 0.15) is 24.6 Å². The highest BCUT2D eigenvalue weighted by molar-refractivity contribution is 6.30. The zero-order valence-electron chi connectivity index (χ0n) is 16.9. The van der Waals surface area contributed by atoms with Gasteiger partial charge >= 0.3 is 6.03 Å². The Hall–Kier alpha value is -2.97. The Labute approximate surface area is 185 Å². The molecule has 2 aliphatic heterocycles. The summed E-state index contributed by atoms with van der Waals surface area (Å²) in [6, 6.07) is 11.0. The van der Waals surface area contributed by atoms with Gasteiger partial charge in [0.25, 0.3) is 0 Å². The number of amides is 4. The number of halogens is 1. The molecule has 0 radical (unpaired) electrons. The van der Waals surface area contributed by atoms with Crippen LogP contribution in [0, 0.1) is 0 Å². The van der Waals surface area contributed by atoms with Crippen LogP contribution < -0.4 is 5.32 Å². The third kappa shape index (κ3) is 5.03. The standard InChI is InChI=1S/C22H23ClN4O4/c23-17-3-1-2-15(12-17)16-4-5-18(25-13-16)19-14-26(10-11-31-19)20(28)7-9-27-21(29)6-8-24-22(27)30/h1-5,12-13,19H,6-11,14H2,(H,24,30)/t19-/m0/s1. The molecule has 4 rings (SSSR count). The number of pyridine rings is 1. The maximum absolute atomic E-state index is 12.7. The first kappa shape index (κ1) is 21.3. The summed E-state index contributed by atoms with van der Waals surface area (Å²) < 4.78 is 5.83. The summed E-state index contributed by atoms with van der Waals surface area (Å²) >= 11 is 6.06. The maximum Gasteiger partial charge on any atom is 0.324 e. The number of aromatic nitrogens is 1. The van der Waals surface area contributed by atoms with Gasteiger partial charge in [0.2, 0.25) is 11.8 Å². The average Bonchev–Trinajstić information content (AvgIpc) is 2.79. The van der Waals surface area contributed by atoms with E-state index in [1.807, 2.05) is 36.4 Å². The summed E-state index contributed by atoms with van der Waals surface area (Å²) in [6.45, 7) is 1.67. The van der Waals surface area contributed by atoms with E-state index in [1.165, 1.54) is 0 Å². The van der Waals surface area contributed by atoms with E-state index in [2.05, 4.69) is 10.3 Å². The molecule has 3 heterocycles. The van der Waals surface area contributed by atoms with Crippen LogP contribution in [0.15, 0.2) is 42.6 Å². The molecule has 0 bridgehead atoms. The molecule has 2 saturated heterocycles. The predicted octanol–water partition coefficient (Wildman–Crippen LogP) is 2.63. The fraction of sp³-hybridized carbons (Fsp3) is 0.364. The molecule has 8 nitrogen and oxygen atoms in total. The van der Waals surface area contributed by atoms with Gasteiger partial charge in [-0.3, -0.25) is 19.5 Å². The smallest absolute Gasteiger partial charge is 0.324 e. The van der Waals surface area contributed by atoms with Crippen LogP contribution in [-0.4, -0.2) is 65.4 Å². The number of morpholine rings is 1. The zero-order valence-corrected chi connectivity index (χ0v) is 17.7. The fourth-order valence-electron chi connectivity index (χ4n) is 3.70. The Bertz CT molecular complexity index is 966. The first-order valence-corrected chi connectivity index (χ1v) is 10.6. The highest BCUT2D eigenvalue weighted by Gasteiger charge is 2.29. The zero-order chi connectivity index (χ0) is 21.8. The number of carbonyl (C=O) groups excluding carboxylic acids is 3. The summed E-state index contributed by atoms with van der Waals surface area (Å²) in [5, 5.41) is 3.28. The van der Waals surface area contributed by atoms with Crippen molar-refractivity contribution in [3.63, 3.8) is 0 Å². The predicted molar refractivity (Wildman–Crippen MR) is 114 cm³/mol. The fourth-order valence-corrected chi connectivity index (χ4v) is 3.89. The molecule has 1 atom stereocenters. The van der Waals surface area contributed by atoms with Gasteiger partial charge in [0.05, 0.1) is 18.8 Å². The lowest BCUT2D eigenvalue weighted by Crippen LogP contribution is -2.51. The van der Waals surface area contributed by atoms with Gasteiger partial charge in [0, 0.05) is 49.3 Å². The molecule has 4 amide bonds. The normalized spacial score (nSPS) is 19.3. The maximum atomic E-state index is 12.7. The molecular weight excluding hydrogens is 420 g/mol. The molecule has 0 saturated carbocycles. The van der Waals surface area contributed by atoms with Gasteiger partial charge in [-0.2, -0.15) is 0 Å². The van der Waals surface area contributed by atoms with E-state index in [9.17, 15) is 14.4 Å². The number of rotatable bonds is 5. The lowest BCUT2D eigenvalue weighted by molar-refractivity contribution is -0.140. The number of urea groups is 1. The molecule has 1 aromatic carbocycles. The number of ether oxygens (including phenoxy) is 1. The molecule has 9 heteroatoms. The molecule has 0 spiro atoms. The topological polar surface area (TPSA) is 91.8 Å². The second-order valence-electron chi connectivity index (χ2n) is 7.46. The monoisotopic (exact) mass is 442 g/mol. The lowest BCUT2D eigenvalue weighted by Gasteiger charge is -2.33. The number of imide groups is 1. The molecule has 1 aromatic heterocycles. The van der Waals surface area contributed by atoms with E-state index in [0.717, 1.165) is 21.7 Å². The van der Waals surface area contributed by atoms with Crippen molar-refractivity contribution >= 4 is 29.4 Å². The Morgan fingerprint density at radius 2 is 2.10 bits per heavy atom. The number of hydrogen-bond donors (Lipinski definition) is 1. The molecular formula is C22H23ClN4O4. The summed E-state index contributed by atoms with van der Waals surface area (Å²) in [4.78, 5) is 43.7. The average molecular weight is 443 g/mol. The van der Waals surface area contributed by atoms with Crippen LogP contribution in [0.5, 0.6) is 0 Å². The highest BCUT2D eigenvalue weighted by Crippen LogP contribution is 2.25. The van der Waals surface area contributed by atoms with Crippen molar-refractivity contribution in [1.29, 1.82) is 0 Å². The molecule has 1 N–H and O–H groups in total. The summed E-state index contributed by atoms with van der Waals surface area (Å²) in [5.74, 6) is -0.365. The second kappa shape index (κ2) is 9.45. The van der Waals surface area contributed by atoms with Crippen molar-refractivity contribution in [3.05, 3.63) is 53.3 Å². The number of carbonyl (C=O) groups is 3. The Kier molecular flexibility index (Phi) is 6.48. The lowest BCUT2D eigenvalue weighted by atomic mass is 10.1. The van der Waals surface area contributed by atoms with Crippen molar-refractivity contribution < 1.29 is 19.1 Å². The molecule has 0 unspecified atom stereocenters. The van der Waals surface area contributed by atoms with Crippen LogP contribution >= 0.6 is 11.6 Å².